The molecular weight excluding hydrogens is 304 g/mol. The normalized spacial score (nSPS) is 20.8. The number of piperidine rings is 1. The summed E-state index contributed by atoms with van der Waals surface area (Å²) in [5, 5.41) is 6.34. The van der Waals surface area contributed by atoms with E-state index < -0.39 is 0 Å². The van der Waals surface area contributed by atoms with Crippen molar-refractivity contribution in [3.63, 3.8) is 0 Å². The zero-order valence-corrected chi connectivity index (χ0v) is 13.9. The van der Waals surface area contributed by atoms with Crippen molar-refractivity contribution in [1.82, 2.24) is 5.32 Å². The molecule has 0 bridgehead atoms. The number of hydrogen-bond donors (Lipinski definition) is 2. The molecule has 0 unspecified atom stereocenters. The van der Waals surface area contributed by atoms with E-state index >= 15 is 0 Å². The lowest BCUT2D eigenvalue weighted by molar-refractivity contribution is -0.120. The van der Waals surface area contributed by atoms with E-state index in [1.165, 1.54) is 0 Å². The van der Waals surface area contributed by atoms with Crippen molar-refractivity contribution >= 4 is 24.0 Å². The highest BCUT2D eigenvalue weighted by molar-refractivity contribution is 5.92. The monoisotopic (exact) mass is 328 g/mol. The van der Waals surface area contributed by atoms with E-state index in [9.17, 15) is 4.79 Å². The topological polar surface area (TPSA) is 59.6 Å². The molecule has 1 aromatic carbocycles. The summed E-state index contributed by atoms with van der Waals surface area (Å²) >= 11 is 0. The number of rotatable bonds is 6. The van der Waals surface area contributed by atoms with Crippen LogP contribution in [0.4, 0.5) is 5.69 Å². The highest BCUT2D eigenvalue weighted by atomic mass is 35.5. The zero-order chi connectivity index (χ0) is 15.1. The summed E-state index contributed by atoms with van der Waals surface area (Å²) in [6.45, 7) is 4.11. The number of carbonyl (C=O) groups is 1. The fourth-order valence-electron chi connectivity index (χ4n) is 2.49. The molecule has 1 aliphatic heterocycles. The number of nitrogens with one attached hydrogen (secondary N) is 2. The van der Waals surface area contributed by atoms with Gasteiger partial charge in [0, 0.05) is 24.8 Å². The molecule has 5 nitrogen and oxygen atoms in total. The number of carbonyl (C=O) groups excluding carboxylic acids is 1. The Labute approximate surface area is 138 Å². The number of benzene rings is 1. The lowest BCUT2D eigenvalue weighted by Gasteiger charge is -2.27. The molecule has 2 rings (SSSR count). The number of hydrogen-bond acceptors (Lipinski definition) is 4. The molecule has 0 saturated carbocycles. The second kappa shape index (κ2) is 9.66. The Bertz CT molecular complexity index is 453. The molecule has 1 fully saturated rings. The summed E-state index contributed by atoms with van der Waals surface area (Å²) in [5.41, 5.74) is 0.810. The second-order valence-electron chi connectivity index (χ2n) is 5.43. The maximum atomic E-state index is 12.2. The molecule has 0 aromatic heterocycles. The molecule has 6 heteroatoms. The van der Waals surface area contributed by atoms with E-state index in [1.807, 2.05) is 24.3 Å². The average Bonchev–Trinajstić information content (AvgIpc) is 2.49. The van der Waals surface area contributed by atoms with Gasteiger partial charge in [-0.25, -0.2) is 0 Å². The maximum Gasteiger partial charge on any atom is 0.227 e. The molecule has 0 spiro atoms. The van der Waals surface area contributed by atoms with Gasteiger partial charge in [0.15, 0.2) is 0 Å². The predicted octanol–water partition coefficient (Wildman–Crippen LogP) is 2.46. The van der Waals surface area contributed by atoms with Crippen molar-refractivity contribution < 1.29 is 14.3 Å². The summed E-state index contributed by atoms with van der Waals surface area (Å²) in [6, 6.07) is 7.85. The number of methoxy groups -OCH3 is 1. The zero-order valence-electron chi connectivity index (χ0n) is 13.1. The highest BCUT2D eigenvalue weighted by Crippen LogP contribution is 2.20. The van der Waals surface area contributed by atoms with Gasteiger partial charge in [-0.05, 0) is 50.6 Å². The third-order valence-corrected chi connectivity index (χ3v) is 3.67. The molecule has 2 N–H and O–H groups in total. The van der Waals surface area contributed by atoms with Gasteiger partial charge >= 0.3 is 0 Å². The molecule has 22 heavy (non-hydrogen) atoms. The van der Waals surface area contributed by atoms with Gasteiger partial charge in [-0.2, -0.15) is 0 Å². The van der Waals surface area contributed by atoms with Crippen LogP contribution in [0.3, 0.4) is 0 Å². The van der Waals surface area contributed by atoms with Crippen LogP contribution in [0.15, 0.2) is 24.3 Å². The van der Waals surface area contributed by atoms with Crippen molar-refractivity contribution in [2.24, 2.45) is 5.92 Å². The predicted molar refractivity (Wildman–Crippen MR) is 89.9 cm³/mol. The Balaban J connectivity index is 0.00000242. The van der Waals surface area contributed by atoms with Gasteiger partial charge < -0.3 is 20.1 Å². The Morgan fingerprint density at radius 3 is 2.68 bits per heavy atom. The summed E-state index contributed by atoms with van der Waals surface area (Å²) in [7, 11) is 1.64. The SMILES string of the molecule is COCCOc1ccc(NC(=O)[C@H]2CCN[C@@H](C)C2)cc1.Cl. The first-order valence-electron chi connectivity index (χ1n) is 7.45. The number of ether oxygens (including phenoxy) is 2. The van der Waals surface area contributed by atoms with Crippen LogP contribution in [-0.2, 0) is 9.53 Å². The minimum absolute atomic E-state index is 0. The summed E-state index contributed by atoms with van der Waals surface area (Å²) in [6.07, 6.45) is 1.79. The summed E-state index contributed by atoms with van der Waals surface area (Å²) in [4.78, 5) is 12.2. The van der Waals surface area contributed by atoms with E-state index in [0.29, 0.717) is 19.3 Å². The molecule has 1 heterocycles. The molecule has 1 amide bonds. The van der Waals surface area contributed by atoms with Gasteiger partial charge in [-0.15, -0.1) is 12.4 Å². The van der Waals surface area contributed by atoms with Crippen molar-refractivity contribution in [3.8, 4) is 5.75 Å². The summed E-state index contributed by atoms with van der Waals surface area (Å²) < 4.78 is 10.4. The smallest absolute Gasteiger partial charge is 0.227 e. The van der Waals surface area contributed by atoms with Gasteiger partial charge in [0.2, 0.25) is 5.91 Å². The van der Waals surface area contributed by atoms with Crippen LogP contribution < -0.4 is 15.4 Å². The molecule has 0 aliphatic carbocycles. The van der Waals surface area contributed by atoms with E-state index in [0.717, 1.165) is 30.8 Å². The summed E-state index contributed by atoms with van der Waals surface area (Å²) in [5.74, 6) is 0.982. The van der Waals surface area contributed by atoms with Crippen LogP contribution in [0.25, 0.3) is 0 Å². The van der Waals surface area contributed by atoms with Crippen molar-refractivity contribution in [2.75, 3.05) is 32.2 Å². The fourth-order valence-corrected chi connectivity index (χ4v) is 2.49. The van der Waals surface area contributed by atoms with E-state index in [1.54, 1.807) is 7.11 Å². The second-order valence-corrected chi connectivity index (χ2v) is 5.43. The van der Waals surface area contributed by atoms with Crippen LogP contribution >= 0.6 is 12.4 Å². The van der Waals surface area contributed by atoms with Crippen LogP contribution in [0, 0.1) is 5.92 Å². The first kappa shape index (κ1) is 18.7. The fraction of sp³-hybridized carbons (Fsp3) is 0.562. The van der Waals surface area contributed by atoms with Crippen LogP contribution in [0.2, 0.25) is 0 Å². The van der Waals surface area contributed by atoms with Gasteiger partial charge in [0.05, 0.1) is 6.61 Å². The average molecular weight is 329 g/mol. The molecule has 124 valence electrons. The largest absolute Gasteiger partial charge is 0.491 e. The lowest BCUT2D eigenvalue weighted by atomic mass is 9.92. The van der Waals surface area contributed by atoms with Crippen LogP contribution in [-0.4, -0.2) is 38.8 Å². The van der Waals surface area contributed by atoms with Gasteiger partial charge in [0.1, 0.15) is 12.4 Å². The van der Waals surface area contributed by atoms with Gasteiger partial charge in [0.25, 0.3) is 0 Å². The molecule has 2 atom stereocenters. The number of amides is 1. The Hall–Kier alpha value is -1.30. The molecule has 0 radical (unpaired) electrons. The van der Waals surface area contributed by atoms with E-state index in [2.05, 4.69) is 17.6 Å². The first-order valence-corrected chi connectivity index (χ1v) is 7.45. The first-order chi connectivity index (χ1) is 10.2. The standard InChI is InChI=1S/C16H24N2O3.ClH/c1-12-11-13(7-8-17-12)16(19)18-14-3-5-15(6-4-14)21-10-9-20-2;/h3-6,12-13,17H,7-11H2,1-2H3,(H,18,19);1H/t12-,13-;/m0./s1. The van der Waals surface area contributed by atoms with Crippen LogP contribution in [0.5, 0.6) is 5.75 Å². The Morgan fingerprint density at radius 2 is 2.05 bits per heavy atom. The number of halogens is 1. The molecule has 1 aromatic rings. The minimum Gasteiger partial charge on any atom is -0.491 e. The number of anilines is 1. The third kappa shape index (κ3) is 5.83. The highest BCUT2D eigenvalue weighted by Gasteiger charge is 2.24. The van der Waals surface area contributed by atoms with Crippen molar-refractivity contribution in [1.29, 1.82) is 0 Å². The maximum absolute atomic E-state index is 12.2. The quantitative estimate of drug-likeness (QED) is 0.788. The molecular formula is C16H25ClN2O3. The lowest BCUT2D eigenvalue weighted by Crippen LogP contribution is -2.40. The van der Waals surface area contributed by atoms with Crippen molar-refractivity contribution in [2.45, 2.75) is 25.8 Å². The van der Waals surface area contributed by atoms with E-state index in [4.69, 9.17) is 9.47 Å². The van der Waals surface area contributed by atoms with Crippen molar-refractivity contribution in [3.05, 3.63) is 24.3 Å². The minimum atomic E-state index is 0. The molecule has 1 saturated heterocycles. The van der Waals surface area contributed by atoms with Gasteiger partial charge in [-0.3, -0.25) is 4.79 Å². The Kier molecular flexibility index (Phi) is 8.24. The van der Waals surface area contributed by atoms with E-state index in [-0.39, 0.29) is 24.2 Å². The third-order valence-electron chi connectivity index (χ3n) is 3.67. The van der Waals surface area contributed by atoms with Gasteiger partial charge in [-0.1, -0.05) is 0 Å². The molecule has 1 aliphatic rings. The van der Waals surface area contributed by atoms with Crippen LogP contribution in [0.1, 0.15) is 19.8 Å². The Morgan fingerprint density at radius 1 is 1.32 bits per heavy atom.